The Balaban J connectivity index is 1.28. The predicted molar refractivity (Wildman–Crippen MR) is 151 cm³/mol. The molecule has 1 aromatic carbocycles. The van der Waals surface area contributed by atoms with Crippen LogP contribution in [0.15, 0.2) is 18.2 Å². The van der Waals surface area contributed by atoms with Crippen LogP contribution in [0.2, 0.25) is 0 Å². The van der Waals surface area contributed by atoms with Gasteiger partial charge in [-0.2, -0.15) is 22.0 Å². The van der Waals surface area contributed by atoms with Crippen LogP contribution in [-0.2, 0) is 26.8 Å². The van der Waals surface area contributed by atoms with E-state index in [4.69, 9.17) is 9.47 Å². The second-order valence-electron chi connectivity index (χ2n) is 12.9. The average Bonchev–Trinajstić information content (AvgIpc) is 3.20. The molecule has 2 unspecified atom stereocenters. The highest BCUT2D eigenvalue weighted by Crippen LogP contribution is 2.62. The van der Waals surface area contributed by atoms with Gasteiger partial charge in [0.05, 0.1) is 13.2 Å². The first-order valence-corrected chi connectivity index (χ1v) is 16.9. The van der Waals surface area contributed by atoms with Crippen molar-refractivity contribution in [3.05, 3.63) is 29.3 Å². The molecule has 0 N–H and O–H groups in total. The number of carbonyl (C=O) groups is 2. The number of morpholine rings is 1. The average molecular weight is 652 g/mol. The van der Waals surface area contributed by atoms with Crippen LogP contribution in [0.25, 0.3) is 0 Å². The van der Waals surface area contributed by atoms with Gasteiger partial charge in [0.25, 0.3) is 0 Å². The summed E-state index contributed by atoms with van der Waals surface area (Å²) in [5.41, 5.74) is 1.35. The quantitative estimate of drug-likeness (QED) is 0.281. The molecule has 3 aliphatic carbocycles. The molecule has 1 saturated heterocycles. The Morgan fingerprint density at radius 3 is 2.55 bits per heavy atom. The molecule has 0 spiro atoms. The summed E-state index contributed by atoms with van der Waals surface area (Å²) < 4.78 is 102. The summed E-state index contributed by atoms with van der Waals surface area (Å²) in [5.74, 6) is -4.91. The minimum Gasteiger partial charge on any atom is -0.410 e. The van der Waals surface area contributed by atoms with Crippen molar-refractivity contribution in [2.75, 3.05) is 37.8 Å². The van der Waals surface area contributed by atoms with Crippen LogP contribution in [0.1, 0.15) is 68.9 Å². The summed E-state index contributed by atoms with van der Waals surface area (Å²) in [6, 6.07) is 5.59. The number of nitrogens with zero attached hydrogens (tertiary/aromatic N) is 1. The molecule has 13 heteroatoms. The Morgan fingerprint density at radius 1 is 1.14 bits per heavy atom. The third-order valence-corrected chi connectivity index (χ3v) is 11.8. The van der Waals surface area contributed by atoms with Gasteiger partial charge in [-0.05, 0) is 91.9 Å². The Bertz CT molecular complexity index is 1250. The molecule has 1 aliphatic heterocycles. The van der Waals surface area contributed by atoms with E-state index in [0.29, 0.717) is 64.2 Å². The van der Waals surface area contributed by atoms with E-state index < -0.39 is 53.4 Å². The molecule has 3 fully saturated rings. The number of Topliss-reactive ketones (excluding diaryl/α,β-unsaturated/α-hetero) is 1. The van der Waals surface area contributed by atoms with Crippen LogP contribution in [0.5, 0.6) is 5.75 Å². The number of fused-ring (bicyclic) bond motifs is 5. The maximum Gasteiger partial charge on any atom is 0.453 e. The van der Waals surface area contributed by atoms with Gasteiger partial charge in [-0.3, -0.25) is 9.00 Å². The van der Waals surface area contributed by atoms with E-state index in [1.807, 2.05) is 19.1 Å². The third-order valence-electron chi connectivity index (χ3n) is 10.3. The van der Waals surface area contributed by atoms with Crippen molar-refractivity contribution in [3.8, 4) is 5.75 Å². The minimum absolute atomic E-state index is 0.00612. The van der Waals surface area contributed by atoms with E-state index in [1.54, 1.807) is 11.0 Å². The number of ether oxygens (including phenoxy) is 2. The van der Waals surface area contributed by atoms with Crippen molar-refractivity contribution in [1.29, 1.82) is 0 Å². The van der Waals surface area contributed by atoms with Gasteiger partial charge in [-0.1, -0.05) is 13.0 Å². The van der Waals surface area contributed by atoms with Crippen LogP contribution in [-0.4, -0.2) is 77.1 Å². The summed E-state index contributed by atoms with van der Waals surface area (Å²) in [7, 11) is -1.56. The van der Waals surface area contributed by atoms with Gasteiger partial charge < -0.3 is 14.4 Å². The first-order valence-electron chi connectivity index (χ1n) is 15.4. The minimum atomic E-state index is -5.63. The number of rotatable bonds is 9. The van der Waals surface area contributed by atoms with Crippen LogP contribution in [0, 0.1) is 23.2 Å². The van der Waals surface area contributed by atoms with E-state index in [0.717, 1.165) is 11.1 Å². The number of carbonyl (C=O) groups excluding carboxylic acids is 2. The Kier molecular flexibility index (Phi) is 9.76. The molecule has 7 atom stereocenters. The van der Waals surface area contributed by atoms with Crippen LogP contribution >= 0.6 is 0 Å². The normalized spacial score (nSPS) is 31.2. The number of benzene rings is 1. The van der Waals surface area contributed by atoms with E-state index in [9.17, 15) is 40.1 Å². The van der Waals surface area contributed by atoms with Crippen molar-refractivity contribution in [1.82, 2.24) is 4.90 Å². The molecule has 44 heavy (non-hydrogen) atoms. The maximum atomic E-state index is 14.8. The maximum absolute atomic E-state index is 14.8. The number of alkyl halides is 6. The monoisotopic (exact) mass is 651 g/mol. The van der Waals surface area contributed by atoms with Gasteiger partial charge >= 0.3 is 18.2 Å². The Hall–Kier alpha value is -2.15. The molecule has 0 bridgehead atoms. The number of ketones is 1. The molecular formula is C31H39F6NO5S. The lowest BCUT2D eigenvalue weighted by atomic mass is 9.52. The molecule has 0 radical (unpaired) electrons. The highest BCUT2D eigenvalue weighted by atomic mass is 32.2. The van der Waals surface area contributed by atoms with Gasteiger partial charge in [0.15, 0.2) is 12.0 Å². The molecule has 1 amide bonds. The molecule has 6 nitrogen and oxygen atoms in total. The molecule has 246 valence electrons. The molecule has 5 rings (SSSR count). The predicted octanol–water partition coefficient (Wildman–Crippen LogP) is 6.62. The van der Waals surface area contributed by atoms with Gasteiger partial charge in [0.2, 0.25) is 0 Å². The highest BCUT2D eigenvalue weighted by Gasteiger charge is 2.60. The first-order chi connectivity index (χ1) is 20.7. The van der Waals surface area contributed by atoms with Crippen LogP contribution in [0.4, 0.5) is 31.1 Å². The fraction of sp³-hybridized carbons (Fsp3) is 0.742. The lowest BCUT2D eigenvalue weighted by Crippen LogP contribution is -2.46. The van der Waals surface area contributed by atoms with Crippen LogP contribution < -0.4 is 4.74 Å². The molecule has 1 heterocycles. The smallest absolute Gasteiger partial charge is 0.410 e. The number of hydrogen-bond donors (Lipinski definition) is 0. The molecule has 2 saturated carbocycles. The van der Waals surface area contributed by atoms with Crippen molar-refractivity contribution < 1.29 is 49.6 Å². The van der Waals surface area contributed by atoms with Gasteiger partial charge in [-0.15, -0.1) is 0 Å². The van der Waals surface area contributed by atoms with Gasteiger partial charge in [-0.25, -0.2) is 9.18 Å². The lowest BCUT2D eigenvalue weighted by Gasteiger charge is -2.51. The van der Waals surface area contributed by atoms with Gasteiger partial charge in [0, 0.05) is 47.2 Å². The molecule has 1 aromatic rings. The number of amides is 1. The van der Waals surface area contributed by atoms with E-state index in [-0.39, 0.29) is 47.4 Å². The fourth-order valence-corrected chi connectivity index (χ4v) is 9.14. The molecule has 0 aromatic heterocycles. The van der Waals surface area contributed by atoms with Crippen molar-refractivity contribution in [2.45, 2.75) is 82.5 Å². The summed E-state index contributed by atoms with van der Waals surface area (Å²) in [4.78, 5) is 27.2. The summed E-state index contributed by atoms with van der Waals surface area (Å²) in [5, 5.41) is 0. The molecular weight excluding hydrogens is 612 g/mol. The zero-order valence-corrected chi connectivity index (χ0v) is 25.5. The van der Waals surface area contributed by atoms with Gasteiger partial charge in [0.1, 0.15) is 5.75 Å². The van der Waals surface area contributed by atoms with Crippen molar-refractivity contribution >= 4 is 22.7 Å². The Labute approximate surface area is 255 Å². The van der Waals surface area contributed by atoms with Crippen molar-refractivity contribution in [2.24, 2.45) is 23.2 Å². The Morgan fingerprint density at radius 2 is 1.84 bits per heavy atom. The van der Waals surface area contributed by atoms with Crippen molar-refractivity contribution in [3.63, 3.8) is 0 Å². The topological polar surface area (TPSA) is 72.9 Å². The SMILES string of the molecule is C[C@]12CC[C@@H]3c4ccc(OC(=O)N5CCOCC5)cc4C[C@@H](CCCS(=O)CCCC(F)(F)C(F)(F)F)[C@H]3[C@@H]1CC(F)C2=O. The third kappa shape index (κ3) is 6.69. The summed E-state index contributed by atoms with van der Waals surface area (Å²) in [6.07, 6.45) is -6.44. The van der Waals surface area contributed by atoms with Crippen LogP contribution in [0.3, 0.4) is 0 Å². The number of halogens is 6. The highest BCUT2D eigenvalue weighted by molar-refractivity contribution is 7.84. The largest absolute Gasteiger partial charge is 0.453 e. The fourth-order valence-electron chi connectivity index (χ4n) is 7.98. The van der Waals surface area contributed by atoms with E-state index in [1.165, 1.54) is 0 Å². The molecule has 4 aliphatic rings. The standard InChI is InChI=1S/C31H39F6NO5S/c1-29-9-7-23-22-6-5-21(43-28(40)38-10-12-42-13-11-38)17-20(22)16-19(26(23)24(29)18-25(32)27(29)39)4-2-14-44(41)15-3-8-30(33,34)31(35,36)37/h5-6,17,19,23-26H,2-4,7-16,18H2,1H3/t19-,23-,24+,25?,26-,29+,44?/m1/s1. The summed E-state index contributed by atoms with van der Waals surface area (Å²) >= 11 is 0. The zero-order chi connectivity index (χ0) is 31.9. The second-order valence-corrected chi connectivity index (χ2v) is 14.6. The zero-order valence-electron chi connectivity index (χ0n) is 24.7. The van der Waals surface area contributed by atoms with E-state index >= 15 is 0 Å². The lowest BCUT2D eigenvalue weighted by molar-refractivity contribution is -0.284. The number of hydrogen-bond acceptors (Lipinski definition) is 5. The first kappa shape index (κ1) is 33.2. The summed E-state index contributed by atoms with van der Waals surface area (Å²) in [6.45, 7) is 3.63. The van der Waals surface area contributed by atoms with E-state index in [2.05, 4.69) is 0 Å². The second kappa shape index (κ2) is 12.9.